The quantitative estimate of drug-likeness (QED) is 0.0262. The molecule has 0 amide bonds. The molecular formula is C65H104O6. The second-order valence-electron chi connectivity index (χ2n) is 18.4. The summed E-state index contributed by atoms with van der Waals surface area (Å²) in [6.07, 6.45) is 81.6. The van der Waals surface area contributed by atoms with E-state index in [0.29, 0.717) is 19.3 Å². The Kier molecular flexibility index (Phi) is 54.5. The summed E-state index contributed by atoms with van der Waals surface area (Å²) in [6, 6.07) is 0. The lowest BCUT2D eigenvalue weighted by Gasteiger charge is -2.18. The SMILES string of the molecule is CC/C=C\C/C=C\C/C=C\C/C=C\C/C=C\CCCCCC(=O)OCC(COC(=O)CCCCCCCCC/C=C\CCCCCCCC)OC(=O)CCC/C=C\C/C=C\C/C=C\C/C=C\C/C=C\CC. The van der Waals surface area contributed by atoms with Gasteiger partial charge in [0.15, 0.2) is 6.10 Å². The lowest BCUT2D eigenvalue weighted by Crippen LogP contribution is -2.30. The third kappa shape index (κ3) is 56.3. The smallest absolute Gasteiger partial charge is 0.306 e. The Labute approximate surface area is 436 Å². The molecule has 0 bridgehead atoms. The van der Waals surface area contributed by atoms with E-state index >= 15 is 0 Å². The van der Waals surface area contributed by atoms with Crippen LogP contribution in [0.15, 0.2) is 134 Å². The lowest BCUT2D eigenvalue weighted by molar-refractivity contribution is -0.167. The highest BCUT2D eigenvalue weighted by atomic mass is 16.6. The second kappa shape index (κ2) is 58.1. The standard InChI is InChI=1S/C65H104O6/c1-4-7-10-13-16-19-22-25-28-31-32-35-37-40-43-46-49-52-55-58-64(67)70-61-62(71-65(68)59-56-53-50-47-44-41-38-34-30-27-24-21-18-15-12-9-6-3)60-69-63(66)57-54-51-48-45-42-39-36-33-29-26-23-20-17-14-11-8-5-2/h7,9-10,12,16,18-19,21,25-30,32,35,38,40-41,43,47,50,62H,4-6,8,11,13-15,17,20,22-24,31,33-34,36-37,39,42,44-46,48-49,51-61H2,1-3H3/b10-7-,12-9-,19-16-,21-18-,28-25-,29-26-,30-27-,35-32-,41-38-,43-40-,50-47-. The zero-order valence-electron chi connectivity index (χ0n) is 45.7. The van der Waals surface area contributed by atoms with Crippen molar-refractivity contribution in [1.29, 1.82) is 0 Å². The minimum atomic E-state index is -0.829. The van der Waals surface area contributed by atoms with Crippen molar-refractivity contribution in [2.75, 3.05) is 13.2 Å². The molecule has 1 atom stereocenters. The van der Waals surface area contributed by atoms with E-state index in [0.717, 1.165) is 116 Å². The van der Waals surface area contributed by atoms with Crippen LogP contribution in [0.5, 0.6) is 0 Å². The number of esters is 3. The van der Waals surface area contributed by atoms with E-state index < -0.39 is 6.10 Å². The predicted molar refractivity (Wildman–Crippen MR) is 306 cm³/mol. The van der Waals surface area contributed by atoms with Gasteiger partial charge in [-0.1, -0.05) is 225 Å². The van der Waals surface area contributed by atoms with Gasteiger partial charge in [0.2, 0.25) is 0 Å². The molecule has 6 nitrogen and oxygen atoms in total. The van der Waals surface area contributed by atoms with Gasteiger partial charge in [-0.15, -0.1) is 0 Å². The third-order valence-electron chi connectivity index (χ3n) is 11.6. The van der Waals surface area contributed by atoms with Crippen molar-refractivity contribution in [2.24, 2.45) is 0 Å². The summed E-state index contributed by atoms with van der Waals surface area (Å²) >= 11 is 0. The largest absolute Gasteiger partial charge is 0.462 e. The van der Waals surface area contributed by atoms with Crippen LogP contribution in [0.2, 0.25) is 0 Å². The minimum absolute atomic E-state index is 0.118. The molecule has 0 saturated carbocycles. The van der Waals surface area contributed by atoms with Crippen LogP contribution in [0.4, 0.5) is 0 Å². The molecule has 1 unspecified atom stereocenters. The summed E-state index contributed by atoms with van der Waals surface area (Å²) in [4.78, 5) is 38.2. The van der Waals surface area contributed by atoms with Crippen LogP contribution in [-0.4, -0.2) is 37.2 Å². The first-order valence-electron chi connectivity index (χ1n) is 28.7. The fraction of sp³-hybridized carbons (Fsp3) is 0.615. The van der Waals surface area contributed by atoms with Crippen LogP contribution in [0, 0.1) is 0 Å². The molecule has 0 spiro atoms. The number of rotatable bonds is 50. The molecule has 0 aromatic carbocycles. The van der Waals surface area contributed by atoms with Crippen LogP contribution in [0.25, 0.3) is 0 Å². The van der Waals surface area contributed by atoms with Gasteiger partial charge in [-0.2, -0.15) is 0 Å². The van der Waals surface area contributed by atoms with Crippen molar-refractivity contribution in [3.8, 4) is 0 Å². The average molecular weight is 982 g/mol. The van der Waals surface area contributed by atoms with Crippen molar-refractivity contribution in [2.45, 2.75) is 245 Å². The Morgan fingerprint density at radius 1 is 0.296 bits per heavy atom. The third-order valence-corrected chi connectivity index (χ3v) is 11.6. The number of allylic oxidation sites excluding steroid dienone is 22. The van der Waals surface area contributed by atoms with Crippen molar-refractivity contribution < 1.29 is 28.6 Å². The fourth-order valence-corrected chi connectivity index (χ4v) is 7.38. The van der Waals surface area contributed by atoms with Gasteiger partial charge in [-0.3, -0.25) is 14.4 Å². The van der Waals surface area contributed by atoms with E-state index in [1.165, 1.54) is 77.0 Å². The molecule has 0 rings (SSSR count). The molecule has 0 aliphatic rings. The van der Waals surface area contributed by atoms with Gasteiger partial charge in [0.25, 0.3) is 0 Å². The topological polar surface area (TPSA) is 78.9 Å². The number of carbonyl (C=O) groups excluding carboxylic acids is 3. The fourth-order valence-electron chi connectivity index (χ4n) is 7.38. The number of carbonyl (C=O) groups is 3. The highest BCUT2D eigenvalue weighted by Gasteiger charge is 2.19. The molecular weight excluding hydrogens is 877 g/mol. The summed E-state index contributed by atoms with van der Waals surface area (Å²) in [7, 11) is 0. The summed E-state index contributed by atoms with van der Waals surface area (Å²) in [5.74, 6) is -1.02. The van der Waals surface area contributed by atoms with Crippen LogP contribution in [-0.2, 0) is 28.6 Å². The molecule has 0 saturated heterocycles. The Hall–Kier alpha value is -4.45. The summed E-state index contributed by atoms with van der Waals surface area (Å²) in [6.45, 7) is 6.32. The van der Waals surface area contributed by atoms with Gasteiger partial charge in [-0.05, 0) is 128 Å². The predicted octanol–water partition coefficient (Wildman–Crippen LogP) is 19.4. The first kappa shape index (κ1) is 66.6. The first-order chi connectivity index (χ1) is 35.0. The van der Waals surface area contributed by atoms with Crippen LogP contribution < -0.4 is 0 Å². The molecule has 0 aromatic heterocycles. The van der Waals surface area contributed by atoms with Gasteiger partial charge in [0.05, 0.1) is 0 Å². The van der Waals surface area contributed by atoms with Gasteiger partial charge < -0.3 is 14.2 Å². The van der Waals surface area contributed by atoms with Gasteiger partial charge in [-0.25, -0.2) is 0 Å². The Bertz CT molecular complexity index is 1550. The van der Waals surface area contributed by atoms with E-state index in [2.05, 4.69) is 154 Å². The zero-order chi connectivity index (χ0) is 51.4. The number of ether oxygens (including phenoxy) is 3. The lowest BCUT2D eigenvalue weighted by atomic mass is 10.1. The van der Waals surface area contributed by atoms with Gasteiger partial charge in [0, 0.05) is 19.3 Å². The Morgan fingerprint density at radius 3 is 0.930 bits per heavy atom. The van der Waals surface area contributed by atoms with Crippen LogP contribution in [0.1, 0.15) is 239 Å². The molecule has 6 heteroatoms. The minimum Gasteiger partial charge on any atom is -0.462 e. The molecule has 0 aromatic rings. The summed E-state index contributed by atoms with van der Waals surface area (Å²) in [5.41, 5.74) is 0. The van der Waals surface area contributed by atoms with E-state index in [4.69, 9.17) is 14.2 Å². The maximum absolute atomic E-state index is 12.8. The van der Waals surface area contributed by atoms with E-state index in [1.54, 1.807) is 0 Å². The maximum Gasteiger partial charge on any atom is 0.306 e. The molecule has 0 aliphatic heterocycles. The first-order valence-corrected chi connectivity index (χ1v) is 28.7. The highest BCUT2D eigenvalue weighted by molar-refractivity contribution is 5.71. The molecule has 0 radical (unpaired) electrons. The molecule has 400 valence electrons. The number of unbranched alkanes of at least 4 members (excludes halogenated alkanes) is 17. The summed E-state index contributed by atoms with van der Waals surface area (Å²) < 4.78 is 16.8. The zero-order valence-corrected chi connectivity index (χ0v) is 45.7. The Morgan fingerprint density at radius 2 is 0.563 bits per heavy atom. The van der Waals surface area contributed by atoms with Crippen molar-refractivity contribution in [1.82, 2.24) is 0 Å². The van der Waals surface area contributed by atoms with Crippen molar-refractivity contribution >= 4 is 17.9 Å². The molecule has 71 heavy (non-hydrogen) atoms. The molecule has 0 N–H and O–H groups in total. The molecule has 0 aliphatic carbocycles. The maximum atomic E-state index is 12.8. The summed E-state index contributed by atoms with van der Waals surface area (Å²) in [5, 5.41) is 0. The second-order valence-corrected chi connectivity index (χ2v) is 18.4. The van der Waals surface area contributed by atoms with Gasteiger partial charge in [0.1, 0.15) is 13.2 Å². The Balaban J connectivity index is 4.56. The monoisotopic (exact) mass is 981 g/mol. The molecule has 0 heterocycles. The van der Waals surface area contributed by atoms with E-state index in [1.807, 2.05) is 0 Å². The molecule has 0 fully saturated rings. The average Bonchev–Trinajstić information content (AvgIpc) is 3.37. The normalized spacial score (nSPS) is 13.1. The van der Waals surface area contributed by atoms with E-state index in [9.17, 15) is 14.4 Å². The van der Waals surface area contributed by atoms with Crippen LogP contribution >= 0.6 is 0 Å². The van der Waals surface area contributed by atoms with Crippen molar-refractivity contribution in [3.05, 3.63) is 134 Å². The van der Waals surface area contributed by atoms with E-state index in [-0.39, 0.29) is 37.5 Å². The van der Waals surface area contributed by atoms with Crippen molar-refractivity contribution in [3.63, 3.8) is 0 Å². The van der Waals surface area contributed by atoms with Gasteiger partial charge >= 0.3 is 17.9 Å². The number of hydrogen-bond donors (Lipinski definition) is 0. The van der Waals surface area contributed by atoms with Crippen LogP contribution in [0.3, 0.4) is 0 Å². The number of hydrogen-bond acceptors (Lipinski definition) is 6. The highest BCUT2D eigenvalue weighted by Crippen LogP contribution is 2.13.